The number of H-pyrrole nitrogens is 1. The summed E-state index contributed by atoms with van der Waals surface area (Å²) in [6, 6.07) is 0. The van der Waals surface area contributed by atoms with Crippen LogP contribution in [-0.4, -0.2) is 56.3 Å². The van der Waals surface area contributed by atoms with E-state index in [-0.39, 0.29) is 18.6 Å². The van der Waals surface area contributed by atoms with Gasteiger partial charge < -0.3 is 24.8 Å². The molecule has 1 saturated heterocycles. The third-order valence-corrected chi connectivity index (χ3v) is 4.14. The van der Waals surface area contributed by atoms with Gasteiger partial charge in [-0.05, 0) is 13.8 Å². The quantitative estimate of drug-likeness (QED) is 0.444. The molecule has 0 bridgehead atoms. The number of ether oxygens (including phenoxy) is 2. The molecule has 1 aliphatic rings. The Morgan fingerprint density at radius 1 is 1.52 bits per heavy atom. The van der Waals surface area contributed by atoms with Crippen molar-refractivity contribution in [1.29, 1.82) is 0 Å². The zero-order valence-corrected chi connectivity index (χ0v) is 13.9. The maximum atomic E-state index is 12.0. The van der Waals surface area contributed by atoms with Crippen LogP contribution in [-0.2, 0) is 14.3 Å². The molecule has 0 amide bonds. The Morgan fingerprint density at radius 2 is 2.20 bits per heavy atom. The third-order valence-electron chi connectivity index (χ3n) is 4.14. The number of nitrogens with zero attached hydrogens (tertiary/aromatic N) is 1. The van der Waals surface area contributed by atoms with E-state index in [1.54, 1.807) is 6.92 Å². The van der Waals surface area contributed by atoms with Crippen LogP contribution in [0.3, 0.4) is 0 Å². The summed E-state index contributed by atoms with van der Waals surface area (Å²) in [6.45, 7) is 2.71. The van der Waals surface area contributed by atoms with E-state index in [2.05, 4.69) is 4.98 Å². The van der Waals surface area contributed by atoms with Crippen molar-refractivity contribution in [3.8, 4) is 0 Å². The molecule has 25 heavy (non-hydrogen) atoms. The van der Waals surface area contributed by atoms with Crippen LogP contribution in [0.25, 0.3) is 0 Å². The van der Waals surface area contributed by atoms with Crippen LogP contribution in [0.5, 0.6) is 0 Å². The van der Waals surface area contributed by atoms with Crippen molar-refractivity contribution in [2.75, 3.05) is 13.2 Å². The number of nitrogens with one attached hydrogen (secondary N) is 1. The van der Waals surface area contributed by atoms with E-state index in [4.69, 9.17) is 14.6 Å². The summed E-state index contributed by atoms with van der Waals surface area (Å²) in [5.41, 5.74) is -1.83. The molecular formula is C15H22N2O8. The van der Waals surface area contributed by atoms with Crippen molar-refractivity contribution >= 4 is 5.97 Å². The van der Waals surface area contributed by atoms with Gasteiger partial charge in [0.25, 0.3) is 5.56 Å². The van der Waals surface area contributed by atoms with Crippen molar-refractivity contribution in [1.82, 2.24) is 9.55 Å². The number of carbonyl (C=O) groups is 1. The van der Waals surface area contributed by atoms with Crippen LogP contribution in [0.2, 0.25) is 0 Å². The lowest BCUT2D eigenvalue weighted by Crippen LogP contribution is -2.36. The Labute approximate surface area is 142 Å². The summed E-state index contributed by atoms with van der Waals surface area (Å²) in [7, 11) is 0. The van der Waals surface area contributed by atoms with Gasteiger partial charge in [-0.2, -0.15) is 0 Å². The van der Waals surface area contributed by atoms with Crippen LogP contribution in [0.1, 0.15) is 38.2 Å². The smallest absolute Gasteiger partial charge is 0.330 e. The Hall–Kier alpha value is -2.01. The second-order valence-electron chi connectivity index (χ2n) is 5.85. The minimum Gasteiger partial charge on any atom is -0.466 e. The van der Waals surface area contributed by atoms with Gasteiger partial charge in [0.05, 0.1) is 36.9 Å². The van der Waals surface area contributed by atoms with Crippen LogP contribution in [0, 0.1) is 5.92 Å². The average molecular weight is 358 g/mol. The molecule has 5 atom stereocenters. The summed E-state index contributed by atoms with van der Waals surface area (Å²) < 4.78 is 11.2. The molecule has 0 saturated carbocycles. The standard InChI is InChI=1S/C15H22N2O8/c1-3-24-14(22)7(2)12(20)8-5-17(15(23)16-13(8)21)11-4-9(19)10(6-18)25-11/h5,7,9-12,18-20H,3-4,6H2,1-2H3,(H,16,21,23)/t7?,9?,10-,11-,12?/m1/s1. The first-order valence-electron chi connectivity index (χ1n) is 7.94. The highest BCUT2D eigenvalue weighted by molar-refractivity contribution is 5.72. The summed E-state index contributed by atoms with van der Waals surface area (Å²) in [5, 5.41) is 29.2. The van der Waals surface area contributed by atoms with Crippen molar-refractivity contribution in [3.63, 3.8) is 0 Å². The van der Waals surface area contributed by atoms with E-state index < -0.39 is 54.3 Å². The number of hydrogen-bond donors (Lipinski definition) is 4. The molecule has 0 aromatic carbocycles. The van der Waals surface area contributed by atoms with E-state index in [1.165, 1.54) is 6.92 Å². The molecule has 3 unspecified atom stereocenters. The van der Waals surface area contributed by atoms with Gasteiger partial charge in [0.15, 0.2) is 0 Å². The molecule has 140 valence electrons. The molecule has 0 radical (unpaired) electrons. The Morgan fingerprint density at radius 3 is 2.76 bits per heavy atom. The van der Waals surface area contributed by atoms with Gasteiger partial charge in [-0.15, -0.1) is 0 Å². The number of aliphatic hydroxyl groups is 3. The lowest BCUT2D eigenvalue weighted by molar-refractivity contribution is -0.151. The number of aliphatic hydroxyl groups excluding tert-OH is 3. The lowest BCUT2D eigenvalue weighted by Gasteiger charge is -2.19. The second kappa shape index (κ2) is 7.91. The van der Waals surface area contributed by atoms with E-state index in [1.807, 2.05) is 0 Å². The van der Waals surface area contributed by atoms with Gasteiger partial charge in [-0.1, -0.05) is 0 Å². The molecule has 0 spiro atoms. The fourth-order valence-electron chi connectivity index (χ4n) is 2.65. The Bertz CT molecular complexity index is 727. The molecule has 4 N–H and O–H groups in total. The minimum atomic E-state index is -1.49. The zero-order valence-electron chi connectivity index (χ0n) is 13.9. The maximum Gasteiger partial charge on any atom is 0.330 e. The molecule has 2 rings (SSSR count). The highest BCUT2D eigenvalue weighted by Crippen LogP contribution is 2.28. The molecular weight excluding hydrogens is 336 g/mol. The Kier molecular flexibility index (Phi) is 6.11. The number of aromatic nitrogens is 2. The molecule has 0 aliphatic carbocycles. The highest BCUT2D eigenvalue weighted by atomic mass is 16.5. The van der Waals surface area contributed by atoms with Gasteiger partial charge in [0, 0.05) is 12.6 Å². The first-order chi connectivity index (χ1) is 11.8. The normalized spacial score (nSPS) is 25.6. The molecule has 1 fully saturated rings. The van der Waals surface area contributed by atoms with E-state index in [9.17, 15) is 24.6 Å². The predicted octanol–water partition coefficient (Wildman–Crippen LogP) is -1.59. The zero-order chi connectivity index (χ0) is 18.7. The molecule has 1 aromatic heterocycles. The fourth-order valence-corrected chi connectivity index (χ4v) is 2.65. The summed E-state index contributed by atoms with van der Waals surface area (Å²) >= 11 is 0. The maximum absolute atomic E-state index is 12.0. The van der Waals surface area contributed by atoms with E-state index in [0.717, 1.165) is 10.8 Å². The number of carbonyl (C=O) groups excluding carboxylic acids is 1. The monoisotopic (exact) mass is 358 g/mol. The van der Waals surface area contributed by atoms with Crippen molar-refractivity contribution in [3.05, 3.63) is 32.6 Å². The number of rotatable bonds is 6. The largest absolute Gasteiger partial charge is 0.466 e. The van der Waals surface area contributed by atoms with Crippen LogP contribution >= 0.6 is 0 Å². The molecule has 2 heterocycles. The van der Waals surface area contributed by atoms with Crippen LogP contribution in [0.15, 0.2) is 15.8 Å². The number of esters is 1. The van der Waals surface area contributed by atoms with E-state index in [0.29, 0.717) is 0 Å². The van der Waals surface area contributed by atoms with Crippen molar-refractivity contribution in [2.45, 2.75) is 44.8 Å². The van der Waals surface area contributed by atoms with Gasteiger partial charge in [0.2, 0.25) is 0 Å². The predicted molar refractivity (Wildman–Crippen MR) is 83.7 cm³/mol. The molecule has 1 aromatic rings. The molecule has 10 heteroatoms. The summed E-state index contributed by atoms with van der Waals surface area (Å²) in [5.74, 6) is -1.70. The fraction of sp³-hybridized carbons (Fsp3) is 0.667. The van der Waals surface area contributed by atoms with Gasteiger partial charge in [0.1, 0.15) is 12.3 Å². The lowest BCUT2D eigenvalue weighted by atomic mass is 9.99. The molecule has 1 aliphatic heterocycles. The topological polar surface area (TPSA) is 151 Å². The van der Waals surface area contributed by atoms with Crippen molar-refractivity contribution in [2.24, 2.45) is 5.92 Å². The van der Waals surface area contributed by atoms with Crippen molar-refractivity contribution < 1.29 is 29.6 Å². The second-order valence-corrected chi connectivity index (χ2v) is 5.85. The SMILES string of the molecule is CCOC(=O)C(C)C(O)c1cn([C@H]2CC(O)[C@@H](CO)O2)c(=O)[nH]c1=O. The first kappa shape index (κ1) is 19.3. The first-order valence-corrected chi connectivity index (χ1v) is 7.94. The summed E-state index contributed by atoms with van der Waals surface area (Å²) in [6.07, 6.45) is -3.11. The Balaban J connectivity index is 2.34. The average Bonchev–Trinajstić information content (AvgIpc) is 2.94. The van der Waals surface area contributed by atoms with Crippen LogP contribution < -0.4 is 11.2 Å². The molecule has 10 nitrogen and oxygen atoms in total. The summed E-state index contributed by atoms with van der Waals surface area (Å²) in [4.78, 5) is 37.8. The van der Waals surface area contributed by atoms with Gasteiger partial charge in [-0.3, -0.25) is 19.1 Å². The van der Waals surface area contributed by atoms with E-state index >= 15 is 0 Å². The third kappa shape index (κ3) is 3.98. The van der Waals surface area contributed by atoms with Crippen LogP contribution in [0.4, 0.5) is 0 Å². The number of hydrogen-bond acceptors (Lipinski definition) is 8. The van der Waals surface area contributed by atoms with Gasteiger partial charge in [-0.25, -0.2) is 4.79 Å². The minimum absolute atomic E-state index is 0.0279. The number of aromatic amines is 1. The highest BCUT2D eigenvalue weighted by Gasteiger charge is 2.36. The van der Waals surface area contributed by atoms with Gasteiger partial charge >= 0.3 is 11.7 Å².